The molecular weight excluding hydrogens is 693 g/mol. The number of sulfone groups is 2. The molecule has 2 aromatic carbocycles. The molecular formula is C33H30N4O7S4. The SMILES string of the molecule is CC(C)c1cc(S(C)(=O)=O)ccc1-c1ccc2nc(OC(=O)Oc3nc4ccc(-c5ccc(S(C)(=O)=O)cc5C(C)C)nc4s3)sc2n1. The average molecular weight is 723 g/mol. The molecule has 0 atom stereocenters. The molecule has 0 radical (unpaired) electrons. The molecule has 0 N–H and O–H groups in total. The highest BCUT2D eigenvalue weighted by Gasteiger charge is 2.20. The predicted octanol–water partition coefficient (Wildman–Crippen LogP) is 7.66. The molecule has 0 saturated heterocycles. The van der Waals surface area contributed by atoms with Gasteiger partial charge in [0.25, 0.3) is 10.4 Å². The number of rotatable bonds is 8. The summed E-state index contributed by atoms with van der Waals surface area (Å²) in [4.78, 5) is 32.4. The van der Waals surface area contributed by atoms with Crippen molar-refractivity contribution in [1.29, 1.82) is 0 Å². The molecule has 0 unspecified atom stereocenters. The first-order valence-electron chi connectivity index (χ1n) is 14.7. The van der Waals surface area contributed by atoms with Gasteiger partial charge in [-0.15, -0.1) is 0 Å². The van der Waals surface area contributed by atoms with Crippen molar-refractivity contribution in [3.05, 3.63) is 71.8 Å². The summed E-state index contributed by atoms with van der Waals surface area (Å²) in [6.07, 6.45) is 1.34. The van der Waals surface area contributed by atoms with E-state index in [0.29, 0.717) is 32.1 Å². The van der Waals surface area contributed by atoms with Crippen molar-refractivity contribution in [3.8, 4) is 32.9 Å². The quantitative estimate of drug-likeness (QED) is 0.142. The van der Waals surface area contributed by atoms with Crippen molar-refractivity contribution in [1.82, 2.24) is 19.9 Å². The zero-order valence-electron chi connectivity index (χ0n) is 26.7. The van der Waals surface area contributed by atoms with E-state index in [4.69, 9.17) is 19.4 Å². The van der Waals surface area contributed by atoms with E-state index in [1.807, 2.05) is 27.7 Å². The lowest BCUT2D eigenvalue weighted by molar-refractivity contribution is 0.151. The molecule has 4 heterocycles. The molecule has 248 valence electrons. The molecule has 0 amide bonds. The lowest BCUT2D eigenvalue weighted by Crippen LogP contribution is -2.13. The Hall–Kier alpha value is -4.31. The highest BCUT2D eigenvalue weighted by molar-refractivity contribution is 7.91. The number of hydrogen-bond acceptors (Lipinski definition) is 13. The Balaban J connectivity index is 1.21. The molecule has 0 fully saturated rings. The number of benzene rings is 2. The number of ether oxygens (including phenoxy) is 2. The van der Waals surface area contributed by atoms with Crippen molar-refractivity contribution >= 4 is 69.2 Å². The van der Waals surface area contributed by atoms with Crippen LogP contribution in [0.3, 0.4) is 0 Å². The smallest absolute Gasteiger partial charge is 0.365 e. The molecule has 0 saturated carbocycles. The van der Waals surface area contributed by atoms with Crippen molar-refractivity contribution in [3.63, 3.8) is 0 Å². The number of carbonyl (C=O) groups is 1. The van der Waals surface area contributed by atoms with Crippen LogP contribution in [-0.2, 0) is 19.7 Å². The van der Waals surface area contributed by atoms with E-state index in [-0.39, 0.29) is 32.0 Å². The summed E-state index contributed by atoms with van der Waals surface area (Å²) in [5, 5.41) is 0.0767. The van der Waals surface area contributed by atoms with Gasteiger partial charge in [-0.25, -0.2) is 41.6 Å². The minimum Gasteiger partial charge on any atom is -0.365 e. The van der Waals surface area contributed by atoms with Gasteiger partial charge in [-0.1, -0.05) is 62.5 Å². The van der Waals surface area contributed by atoms with Crippen LogP contribution in [0, 0.1) is 0 Å². The first kappa shape index (κ1) is 33.6. The Kier molecular flexibility index (Phi) is 8.83. The lowest BCUT2D eigenvalue weighted by Gasteiger charge is -2.14. The van der Waals surface area contributed by atoms with Crippen molar-refractivity contribution in [2.75, 3.05) is 12.5 Å². The fourth-order valence-electron chi connectivity index (χ4n) is 5.11. The maximum atomic E-state index is 12.7. The Morgan fingerprint density at radius 1 is 0.604 bits per heavy atom. The van der Waals surface area contributed by atoms with Gasteiger partial charge in [0.15, 0.2) is 19.7 Å². The lowest BCUT2D eigenvalue weighted by atomic mass is 9.95. The number of thiazole rings is 2. The molecule has 48 heavy (non-hydrogen) atoms. The van der Waals surface area contributed by atoms with E-state index in [9.17, 15) is 21.6 Å². The van der Waals surface area contributed by atoms with E-state index in [2.05, 4.69) is 9.97 Å². The molecule has 0 aliphatic carbocycles. The first-order valence-corrected chi connectivity index (χ1v) is 20.1. The van der Waals surface area contributed by atoms with Gasteiger partial charge in [0.1, 0.15) is 20.7 Å². The Morgan fingerprint density at radius 3 is 1.35 bits per heavy atom. The third-order valence-corrected chi connectivity index (χ3v) is 11.4. The van der Waals surface area contributed by atoms with Gasteiger partial charge in [-0.3, -0.25) is 0 Å². The Labute approximate surface area is 285 Å². The van der Waals surface area contributed by atoms with Crippen LogP contribution in [-0.4, -0.2) is 55.4 Å². The molecule has 11 nitrogen and oxygen atoms in total. The second-order valence-corrected chi connectivity index (χ2v) is 17.7. The summed E-state index contributed by atoms with van der Waals surface area (Å²) < 4.78 is 59.2. The zero-order valence-corrected chi connectivity index (χ0v) is 30.0. The fraction of sp³-hybridized carbons (Fsp3) is 0.242. The third-order valence-electron chi connectivity index (χ3n) is 7.51. The van der Waals surface area contributed by atoms with Crippen LogP contribution in [0.4, 0.5) is 4.79 Å². The molecule has 4 aromatic heterocycles. The normalized spacial score (nSPS) is 12.3. The summed E-state index contributed by atoms with van der Waals surface area (Å²) in [5.74, 6) is 0.0919. The standard InChI is InChI=1S/C33H30N4O7S4/c1-17(2)23-15-19(47(5,39)40)7-9-21(23)25-11-13-27-29(34-25)45-31(36-27)43-33(38)44-32-37-28-14-12-26(35-30(28)46-32)22-10-8-20(48(6,41)42)16-24(22)18(3)4/h7-18H,1-6H3. The largest absolute Gasteiger partial charge is 0.523 e. The maximum absolute atomic E-state index is 12.7. The van der Waals surface area contributed by atoms with E-state index >= 15 is 0 Å². The molecule has 6 rings (SSSR count). The monoisotopic (exact) mass is 722 g/mol. The second kappa shape index (κ2) is 12.6. The summed E-state index contributed by atoms with van der Waals surface area (Å²) >= 11 is 2.14. The minimum atomic E-state index is -3.37. The van der Waals surface area contributed by atoms with Crippen LogP contribution < -0.4 is 9.47 Å². The number of pyridine rings is 2. The van der Waals surface area contributed by atoms with Crippen LogP contribution >= 0.6 is 22.7 Å². The minimum absolute atomic E-state index is 0.0384. The number of fused-ring (bicyclic) bond motifs is 2. The van der Waals surface area contributed by atoms with Crippen LogP contribution in [0.1, 0.15) is 50.7 Å². The molecule has 0 spiro atoms. The van der Waals surface area contributed by atoms with E-state index in [0.717, 1.165) is 44.9 Å². The van der Waals surface area contributed by atoms with Gasteiger partial charge in [-0.2, -0.15) is 0 Å². The Morgan fingerprint density at radius 2 is 1.00 bits per heavy atom. The van der Waals surface area contributed by atoms with E-state index in [1.54, 1.807) is 60.7 Å². The van der Waals surface area contributed by atoms with Crippen molar-refractivity contribution in [2.24, 2.45) is 0 Å². The van der Waals surface area contributed by atoms with Gasteiger partial charge >= 0.3 is 6.16 Å². The van der Waals surface area contributed by atoms with Gasteiger partial charge in [0.2, 0.25) is 0 Å². The number of carbonyl (C=O) groups excluding carboxylic acids is 1. The second-order valence-electron chi connectivity index (χ2n) is 11.8. The van der Waals surface area contributed by atoms with Crippen molar-refractivity contribution in [2.45, 2.75) is 49.3 Å². The number of hydrogen-bond donors (Lipinski definition) is 0. The fourth-order valence-corrected chi connectivity index (χ4v) is 7.99. The molecule has 6 aromatic rings. The van der Waals surface area contributed by atoms with E-state index < -0.39 is 25.8 Å². The maximum Gasteiger partial charge on any atom is 0.523 e. The first-order chi connectivity index (χ1) is 22.6. The van der Waals surface area contributed by atoms with Crippen LogP contribution in [0.25, 0.3) is 43.2 Å². The molecule has 0 aliphatic rings. The topological polar surface area (TPSA) is 155 Å². The summed E-state index contributed by atoms with van der Waals surface area (Å²) in [6.45, 7) is 7.94. The number of aromatic nitrogens is 4. The third kappa shape index (κ3) is 6.95. The zero-order chi connectivity index (χ0) is 34.5. The highest BCUT2D eigenvalue weighted by atomic mass is 32.2. The number of nitrogens with zero attached hydrogens (tertiary/aromatic N) is 4. The van der Waals surface area contributed by atoms with E-state index in [1.165, 1.54) is 12.5 Å². The summed E-state index contributed by atoms with van der Waals surface area (Å²) in [6, 6.07) is 17.1. The molecule has 15 heteroatoms. The average Bonchev–Trinajstić information content (AvgIpc) is 3.61. The highest BCUT2D eigenvalue weighted by Crippen LogP contribution is 2.36. The summed E-state index contributed by atoms with van der Waals surface area (Å²) in [5.41, 5.74) is 5.60. The van der Waals surface area contributed by atoms with Gasteiger partial charge in [0.05, 0.1) is 21.2 Å². The molecule has 0 bridgehead atoms. The van der Waals surface area contributed by atoms with Crippen LogP contribution in [0.5, 0.6) is 10.4 Å². The summed E-state index contributed by atoms with van der Waals surface area (Å²) in [7, 11) is -6.74. The van der Waals surface area contributed by atoms with Crippen LogP contribution in [0.2, 0.25) is 0 Å². The van der Waals surface area contributed by atoms with Gasteiger partial charge in [0, 0.05) is 23.6 Å². The van der Waals surface area contributed by atoms with Gasteiger partial charge < -0.3 is 9.47 Å². The predicted molar refractivity (Wildman–Crippen MR) is 187 cm³/mol. The van der Waals surface area contributed by atoms with Gasteiger partial charge in [-0.05, 0) is 71.5 Å². The Bertz CT molecular complexity index is 2280. The van der Waals surface area contributed by atoms with Crippen molar-refractivity contribution < 1.29 is 31.1 Å². The van der Waals surface area contributed by atoms with Crippen LogP contribution in [0.15, 0.2) is 70.5 Å². The molecule has 0 aliphatic heterocycles.